The summed E-state index contributed by atoms with van der Waals surface area (Å²) in [5.41, 5.74) is 9.29. The summed E-state index contributed by atoms with van der Waals surface area (Å²) in [5, 5.41) is 0.466. The number of carbonyl (C=O) groups excluding carboxylic acids is 1. The summed E-state index contributed by atoms with van der Waals surface area (Å²) in [6.45, 7) is 3.28. The van der Waals surface area contributed by atoms with E-state index in [2.05, 4.69) is 11.0 Å². The van der Waals surface area contributed by atoms with E-state index in [4.69, 9.17) is 31.5 Å². The van der Waals surface area contributed by atoms with E-state index in [1.165, 1.54) is 18.4 Å². The molecule has 1 aliphatic heterocycles. The molecule has 2 N–H and O–H groups in total. The maximum atomic E-state index is 10.6. The first kappa shape index (κ1) is 25.2. The Kier molecular flexibility index (Phi) is 9.27. The SMILES string of the molecule is COc1cc(N)c(Cl)cc1-c1cc(CCCN2CCC(CCC=O)CC2)cc(OC)c1OC. The molecule has 6 nitrogen and oxygen atoms in total. The summed E-state index contributed by atoms with van der Waals surface area (Å²) < 4.78 is 16.9. The van der Waals surface area contributed by atoms with Crippen LogP contribution in [-0.4, -0.2) is 52.1 Å². The van der Waals surface area contributed by atoms with Gasteiger partial charge in [-0.2, -0.15) is 0 Å². The van der Waals surface area contributed by atoms with Gasteiger partial charge in [-0.25, -0.2) is 0 Å². The number of methoxy groups -OCH3 is 3. The van der Waals surface area contributed by atoms with Crippen molar-refractivity contribution in [2.75, 3.05) is 46.7 Å². The molecule has 1 fully saturated rings. The Labute approximate surface area is 201 Å². The second kappa shape index (κ2) is 12.1. The lowest BCUT2D eigenvalue weighted by atomic mass is 9.92. The Balaban J connectivity index is 1.74. The highest BCUT2D eigenvalue weighted by atomic mass is 35.5. The molecule has 2 aromatic carbocycles. The number of ether oxygens (including phenoxy) is 3. The number of aryl methyl sites for hydroxylation is 1. The van der Waals surface area contributed by atoms with Gasteiger partial charge in [-0.15, -0.1) is 0 Å². The van der Waals surface area contributed by atoms with Crippen LogP contribution in [0.4, 0.5) is 5.69 Å². The van der Waals surface area contributed by atoms with Crippen molar-refractivity contribution in [2.24, 2.45) is 5.92 Å². The van der Waals surface area contributed by atoms with Crippen molar-refractivity contribution in [3.63, 3.8) is 0 Å². The van der Waals surface area contributed by atoms with Gasteiger partial charge in [0.1, 0.15) is 12.0 Å². The van der Waals surface area contributed by atoms with Gasteiger partial charge in [-0.05, 0) is 81.4 Å². The Morgan fingerprint density at radius 2 is 1.76 bits per heavy atom. The van der Waals surface area contributed by atoms with Gasteiger partial charge in [0.2, 0.25) is 0 Å². The second-order valence-corrected chi connectivity index (χ2v) is 8.99. The van der Waals surface area contributed by atoms with Gasteiger partial charge in [0.05, 0.1) is 32.0 Å². The molecule has 1 aliphatic rings. The van der Waals surface area contributed by atoms with Crippen molar-refractivity contribution in [2.45, 2.75) is 38.5 Å². The van der Waals surface area contributed by atoms with E-state index in [1.807, 2.05) is 12.1 Å². The van der Waals surface area contributed by atoms with Gasteiger partial charge in [0.15, 0.2) is 11.5 Å². The summed E-state index contributed by atoms with van der Waals surface area (Å²) in [5.74, 6) is 2.64. The van der Waals surface area contributed by atoms with E-state index in [1.54, 1.807) is 27.4 Å². The van der Waals surface area contributed by atoms with Crippen molar-refractivity contribution in [3.8, 4) is 28.4 Å². The predicted molar refractivity (Wildman–Crippen MR) is 134 cm³/mol. The number of nitrogens with two attached hydrogens (primary N) is 1. The highest BCUT2D eigenvalue weighted by molar-refractivity contribution is 6.33. The highest BCUT2D eigenvalue weighted by Gasteiger charge is 2.20. The molecule has 180 valence electrons. The molecule has 33 heavy (non-hydrogen) atoms. The average molecular weight is 475 g/mol. The third-order valence-corrected chi connectivity index (χ3v) is 6.81. The molecule has 0 aromatic heterocycles. The molecule has 0 saturated carbocycles. The van der Waals surface area contributed by atoms with Crippen LogP contribution < -0.4 is 19.9 Å². The summed E-state index contributed by atoms with van der Waals surface area (Å²) >= 11 is 6.33. The van der Waals surface area contributed by atoms with Gasteiger partial charge in [0.25, 0.3) is 0 Å². The van der Waals surface area contributed by atoms with Crippen LogP contribution in [0, 0.1) is 5.92 Å². The smallest absolute Gasteiger partial charge is 0.168 e. The Morgan fingerprint density at radius 3 is 2.39 bits per heavy atom. The maximum Gasteiger partial charge on any atom is 0.168 e. The number of nitrogens with zero attached hydrogens (tertiary/aromatic N) is 1. The molecule has 0 amide bonds. The molecule has 0 unspecified atom stereocenters. The zero-order valence-electron chi connectivity index (χ0n) is 19.9. The zero-order chi connectivity index (χ0) is 23.8. The molecular weight excluding hydrogens is 440 g/mol. The monoisotopic (exact) mass is 474 g/mol. The summed E-state index contributed by atoms with van der Waals surface area (Å²) in [6, 6.07) is 7.71. The number of benzene rings is 2. The van der Waals surface area contributed by atoms with Crippen molar-refractivity contribution >= 4 is 23.6 Å². The maximum absolute atomic E-state index is 10.6. The van der Waals surface area contributed by atoms with Crippen LogP contribution in [-0.2, 0) is 11.2 Å². The molecule has 0 aliphatic carbocycles. The number of nitrogen functional groups attached to an aromatic ring is 1. The lowest BCUT2D eigenvalue weighted by Crippen LogP contribution is -2.34. The number of likely N-dealkylation sites (tertiary alicyclic amines) is 1. The van der Waals surface area contributed by atoms with Crippen LogP contribution in [0.25, 0.3) is 11.1 Å². The van der Waals surface area contributed by atoms with Gasteiger partial charge in [0, 0.05) is 23.6 Å². The molecular formula is C26H35ClN2O4. The minimum absolute atomic E-state index is 0.466. The van der Waals surface area contributed by atoms with E-state index in [-0.39, 0.29) is 0 Å². The minimum atomic E-state index is 0.466. The normalized spacial score (nSPS) is 14.8. The van der Waals surface area contributed by atoms with Crippen molar-refractivity contribution in [1.82, 2.24) is 4.90 Å². The van der Waals surface area contributed by atoms with E-state index in [0.717, 1.165) is 56.3 Å². The third kappa shape index (κ3) is 6.33. The zero-order valence-corrected chi connectivity index (χ0v) is 20.6. The summed E-state index contributed by atoms with van der Waals surface area (Å²) in [7, 11) is 4.89. The van der Waals surface area contributed by atoms with Gasteiger partial charge in [-0.3, -0.25) is 0 Å². The lowest BCUT2D eigenvalue weighted by molar-refractivity contribution is -0.108. The van der Waals surface area contributed by atoms with Crippen molar-refractivity contribution in [1.29, 1.82) is 0 Å². The van der Waals surface area contributed by atoms with Crippen molar-refractivity contribution in [3.05, 3.63) is 34.9 Å². The molecule has 1 heterocycles. The van der Waals surface area contributed by atoms with Crippen LogP contribution in [0.15, 0.2) is 24.3 Å². The fourth-order valence-corrected chi connectivity index (χ4v) is 4.79. The minimum Gasteiger partial charge on any atom is -0.496 e. The van der Waals surface area contributed by atoms with Crippen LogP contribution in [0.5, 0.6) is 17.2 Å². The Morgan fingerprint density at radius 1 is 1.03 bits per heavy atom. The molecule has 0 bridgehead atoms. The van der Waals surface area contributed by atoms with Crippen LogP contribution in [0.2, 0.25) is 5.02 Å². The van der Waals surface area contributed by atoms with E-state index >= 15 is 0 Å². The Bertz CT molecular complexity index is 942. The molecule has 0 spiro atoms. The molecule has 2 aromatic rings. The standard InChI is InChI=1S/C26H35ClN2O4/c1-31-24-17-23(28)22(27)16-20(24)21-14-19(15-25(32-2)26(21)33-3)6-4-10-29-11-8-18(9-12-29)7-5-13-30/h13-18H,4-12,28H2,1-3H3. The van der Waals surface area contributed by atoms with Crippen molar-refractivity contribution < 1.29 is 19.0 Å². The average Bonchev–Trinajstić information content (AvgIpc) is 2.84. The number of piperidine rings is 1. The second-order valence-electron chi connectivity index (χ2n) is 8.59. The first-order valence-corrected chi connectivity index (χ1v) is 11.9. The van der Waals surface area contributed by atoms with Crippen LogP contribution >= 0.6 is 11.6 Å². The number of hydrogen-bond donors (Lipinski definition) is 1. The molecule has 0 atom stereocenters. The topological polar surface area (TPSA) is 74.0 Å². The number of hydrogen-bond acceptors (Lipinski definition) is 6. The molecule has 0 radical (unpaired) electrons. The number of halogens is 1. The van der Waals surface area contributed by atoms with Gasteiger partial charge >= 0.3 is 0 Å². The number of carbonyl (C=O) groups is 1. The first-order valence-electron chi connectivity index (χ1n) is 11.5. The fourth-order valence-electron chi connectivity index (χ4n) is 4.62. The van der Waals surface area contributed by atoms with Gasteiger partial charge < -0.3 is 29.6 Å². The number of rotatable bonds is 11. The fraction of sp³-hybridized carbons (Fsp3) is 0.500. The first-order chi connectivity index (χ1) is 16.0. The molecule has 7 heteroatoms. The van der Waals surface area contributed by atoms with E-state index in [0.29, 0.717) is 40.3 Å². The van der Waals surface area contributed by atoms with Crippen LogP contribution in [0.1, 0.15) is 37.7 Å². The molecule has 1 saturated heterocycles. The van der Waals surface area contributed by atoms with E-state index < -0.39 is 0 Å². The number of aldehydes is 1. The van der Waals surface area contributed by atoms with E-state index in [9.17, 15) is 4.79 Å². The Hall–Kier alpha value is -2.44. The highest BCUT2D eigenvalue weighted by Crippen LogP contribution is 2.45. The molecule has 3 rings (SSSR count). The number of anilines is 1. The predicted octanol–water partition coefficient (Wildman–Crippen LogP) is 5.24. The third-order valence-electron chi connectivity index (χ3n) is 6.49. The lowest BCUT2D eigenvalue weighted by Gasteiger charge is -2.31. The largest absolute Gasteiger partial charge is 0.496 e. The van der Waals surface area contributed by atoms with Gasteiger partial charge in [-0.1, -0.05) is 11.6 Å². The summed E-state index contributed by atoms with van der Waals surface area (Å²) in [4.78, 5) is 13.1. The summed E-state index contributed by atoms with van der Waals surface area (Å²) in [6.07, 6.45) is 7.10. The quantitative estimate of drug-likeness (QED) is 0.354. The van der Waals surface area contributed by atoms with Crippen LogP contribution in [0.3, 0.4) is 0 Å².